The second-order valence-electron chi connectivity index (χ2n) is 2.07. The second kappa shape index (κ2) is 3.73. The van der Waals surface area contributed by atoms with E-state index in [-0.39, 0.29) is 0 Å². The Bertz CT molecular complexity index is 248. The molecule has 2 N–H and O–H groups in total. The van der Waals surface area contributed by atoms with Gasteiger partial charge in [-0.1, -0.05) is 12.1 Å². The van der Waals surface area contributed by atoms with E-state index in [1.165, 1.54) is 0 Å². The molecule has 3 nitrogen and oxygen atoms in total. The number of nitrogens with two attached hydrogens (primary N) is 1. The minimum atomic E-state index is 0.398. The van der Waals surface area contributed by atoms with E-state index in [0.717, 1.165) is 5.56 Å². The summed E-state index contributed by atoms with van der Waals surface area (Å²) in [6.07, 6.45) is 0. The van der Waals surface area contributed by atoms with E-state index < -0.39 is 0 Å². The number of ether oxygens (including phenoxy) is 1. The number of benzene rings is 1. The van der Waals surface area contributed by atoms with Crippen LogP contribution in [-0.2, 0) is 11.3 Å². The molecule has 0 aliphatic rings. The molecule has 1 aromatic carbocycles. The molecule has 0 saturated carbocycles. The molecule has 58 valence electrons. The lowest BCUT2D eigenvalue weighted by Gasteiger charge is -1.99. The molecule has 1 rings (SSSR count). The Balaban J connectivity index is 2.82. The maximum Gasteiger partial charge on any atom is 0.298 e. The van der Waals surface area contributed by atoms with E-state index in [1.54, 1.807) is 18.2 Å². The van der Waals surface area contributed by atoms with Crippen LogP contribution in [0.1, 0.15) is 5.56 Å². The van der Waals surface area contributed by atoms with Gasteiger partial charge < -0.3 is 10.5 Å². The smallest absolute Gasteiger partial charge is 0.298 e. The van der Waals surface area contributed by atoms with Crippen LogP contribution in [0.25, 0.3) is 0 Å². The summed E-state index contributed by atoms with van der Waals surface area (Å²) in [5.41, 5.74) is 6.32. The summed E-state index contributed by atoms with van der Waals surface area (Å²) in [6.45, 7) is 0.853. The number of carbonyl (C=O) groups is 1. The minimum absolute atomic E-state index is 0.398. The van der Waals surface area contributed by atoms with Gasteiger partial charge in [-0.25, -0.2) is 0 Å². The van der Waals surface area contributed by atoms with Crippen LogP contribution in [0.5, 0.6) is 5.75 Å². The first-order valence-corrected chi connectivity index (χ1v) is 3.26. The van der Waals surface area contributed by atoms with E-state index >= 15 is 0 Å². The van der Waals surface area contributed by atoms with Crippen molar-refractivity contribution in [3.05, 3.63) is 29.8 Å². The number of carbonyl (C=O) groups excluding carboxylic acids is 1. The predicted octanol–water partition coefficient (Wildman–Crippen LogP) is 0.681. The first-order chi connectivity index (χ1) is 5.36. The third kappa shape index (κ3) is 2.05. The Morgan fingerprint density at radius 1 is 1.55 bits per heavy atom. The van der Waals surface area contributed by atoms with Crippen molar-refractivity contribution in [3.63, 3.8) is 0 Å². The minimum Gasteiger partial charge on any atom is -0.429 e. The van der Waals surface area contributed by atoms with Gasteiger partial charge in [-0.05, 0) is 17.7 Å². The van der Waals surface area contributed by atoms with Gasteiger partial charge in [-0.3, -0.25) is 4.79 Å². The van der Waals surface area contributed by atoms with Crippen LogP contribution in [0.3, 0.4) is 0 Å². The molecule has 0 amide bonds. The van der Waals surface area contributed by atoms with Crippen molar-refractivity contribution in [1.29, 1.82) is 0 Å². The SMILES string of the molecule is NCc1cccc(OC=O)c1. The zero-order chi connectivity index (χ0) is 8.10. The van der Waals surface area contributed by atoms with E-state index in [2.05, 4.69) is 4.74 Å². The van der Waals surface area contributed by atoms with Crippen molar-refractivity contribution in [2.45, 2.75) is 6.54 Å². The first-order valence-electron chi connectivity index (χ1n) is 3.26. The molecule has 0 fully saturated rings. The summed E-state index contributed by atoms with van der Waals surface area (Å²) in [6, 6.07) is 7.10. The highest BCUT2D eigenvalue weighted by molar-refractivity contribution is 5.45. The molecule has 0 heterocycles. The van der Waals surface area contributed by atoms with E-state index in [9.17, 15) is 4.79 Å². The van der Waals surface area contributed by atoms with Crippen molar-refractivity contribution in [2.24, 2.45) is 5.73 Å². The average molecular weight is 151 g/mol. The highest BCUT2D eigenvalue weighted by atomic mass is 16.5. The Hall–Kier alpha value is -1.35. The zero-order valence-corrected chi connectivity index (χ0v) is 5.99. The van der Waals surface area contributed by atoms with Crippen LogP contribution in [-0.4, -0.2) is 6.47 Å². The van der Waals surface area contributed by atoms with E-state index in [0.29, 0.717) is 18.8 Å². The lowest BCUT2D eigenvalue weighted by atomic mass is 10.2. The van der Waals surface area contributed by atoms with Crippen molar-refractivity contribution in [1.82, 2.24) is 0 Å². The molecular weight excluding hydrogens is 142 g/mol. The van der Waals surface area contributed by atoms with Gasteiger partial charge in [0, 0.05) is 6.54 Å². The summed E-state index contributed by atoms with van der Waals surface area (Å²) in [4.78, 5) is 9.92. The van der Waals surface area contributed by atoms with Crippen molar-refractivity contribution < 1.29 is 9.53 Å². The Kier molecular flexibility index (Phi) is 2.63. The summed E-state index contributed by atoms with van der Waals surface area (Å²) in [7, 11) is 0. The van der Waals surface area contributed by atoms with Crippen LogP contribution in [0.2, 0.25) is 0 Å². The molecular formula is C8H9NO2. The predicted molar refractivity (Wildman–Crippen MR) is 41.0 cm³/mol. The maximum absolute atomic E-state index is 9.92. The largest absolute Gasteiger partial charge is 0.429 e. The Labute approximate surface area is 64.8 Å². The highest BCUT2D eigenvalue weighted by Gasteiger charge is 1.92. The lowest BCUT2D eigenvalue weighted by molar-refractivity contribution is -0.120. The molecule has 0 radical (unpaired) electrons. The van der Waals surface area contributed by atoms with Gasteiger partial charge in [-0.2, -0.15) is 0 Å². The van der Waals surface area contributed by atoms with Gasteiger partial charge in [0.2, 0.25) is 0 Å². The monoisotopic (exact) mass is 151 g/mol. The van der Waals surface area contributed by atoms with Gasteiger partial charge in [0.15, 0.2) is 0 Å². The Morgan fingerprint density at radius 2 is 2.36 bits per heavy atom. The molecule has 0 bridgehead atoms. The fraction of sp³-hybridized carbons (Fsp3) is 0.125. The van der Waals surface area contributed by atoms with Gasteiger partial charge in [0.1, 0.15) is 5.75 Å². The molecule has 0 unspecified atom stereocenters. The molecule has 3 heteroatoms. The van der Waals surface area contributed by atoms with E-state index in [1.807, 2.05) is 6.07 Å². The van der Waals surface area contributed by atoms with E-state index in [4.69, 9.17) is 5.73 Å². The number of rotatable bonds is 3. The zero-order valence-electron chi connectivity index (χ0n) is 5.99. The molecule has 0 aromatic heterocycles. The molecule has 0 aliphatic carbocycles. The number of hydrogen-bond donors (Lipinski definition) is 1. The van der Waals surface area contributed by atoms with Crippen molar-refractivity contribution in [3.8, 4) is 5.75 Å². The topological polar surface area (TPSA) is 52.3 Å². The fourth-order valence-electron chi connectivity index (χ4n) is 0.801. The standard InChI is InChI=1S/C8H9NO2/c9-5-7-2-1-3-8(4-7)11-6-10/h1-4,6H,5,9H2. The van der Waals surface area contributed by atoms with Crippen molar-refractivity contribution >= 4 is 6.47 Å². The molecule has 0 spiro atoms. The average Bonchev–Trinajstić information content (AvgIpc) is 2.06. The van der Waals surface area contributed by atoms with Gasteiger partial charge in [0.05, 0.1) is 0 Å². The second-order valence-corrected chi connectivity index (χ2v) is 2.07. The quantitative estimate of drug-likeness (QED) is 0.646. The third-order valence-corrected chi connectivity index (χ3v) is 1.32. The maximum atomic E-state index is 9.92. The molecule has 11 heavy (non-hydrogen) atoms. The van der Waals surface area contributed by atoms with Crippen LogP contribution in [0, 0.1) is 0 Å². The summed E-state index contributed by atoms with van der Waals surface area (Å²) in [5, 5.41) is 0. The van der Waals surface area contributed by atoms with Crippen LogP contribution in [0.15, 0.2) is 24.3 Å². The molecule has 0 atom stereocenters. The van der Waals surface area contributed by atoms with Crippen LogP contribution >= 0.6 is 0 Å². The third-order valence-electron chi connectivity index (χ3n) is 1.32. The first kappa shape index (κ1) is 7.75. The lowest BCUT2D eigenvalue weighted by Crippen LogP contribution is -1.96. The molecule has 0 aliphatic heterocycles. The summed E-state index contributed by atoms with van der Waals surface area (Å²) in [5.74, 6) is 0.531. The van der Waals surface area contributed by atoms with Gasteiger partial charge >= 0.3 is 0 Å². The Morgan fingerprint density at radius 3 is 3.00 bits per heavy atom. The van der Waals surface area contributed by atoms with Crippen LogP contribution < -0.4 is 10.5 Å². The van der Waals surface area contributed by atoms with Crippen LogP contribution in [0.4, 0.5) is 0 Å². The van der Waals surface area contributed by atoms with Crippen molar-refractivity contribution in [2.75, 3.05) is 0 Å². The normalized spacial score (nSPS) is 9.18. The molecule has 0 saturated heterocycles. The molecule has 1 aromatic rings. The summed E-state index contributed by atoms with van der Waals surface area (Å²) < 4.78 is 4.61. The van der Waals surface area contributed by atoms with Gasteiger partial charge in [-0.15, -0.1) is 0 Å². The highest BCUT2D eigenvalue weighted by Crippen LogP contribution is 2.11. The fourth-order valence-corrected chi connectivity index (χ4v) is 0.801. The van der Waals surface area contributed by atoms with Gasteiger partial charge in [0.25, 0.3) is 6.47 Å². The summed E-state index contributed by atoms with van der Waals surface area (Å²) >= 11 is 0. The number of hydrogen-bond acceptors (Lipinski definition) is 3.